The third-order valence-corrected chi connectivity index (χ3v) is 11.0. The maximum absolute atomic E-state index is 15.2. The average molecular weight is 513 g/mol. The van der Waals surface area contributed by atoms with Crippen molar-refractivity contribution < 1.29 is 19.0 Å². The lowest BCUT2D eigenvalue weighted by Crippen LogP contribution is -2.63. The molecule has 0 aromatic heterocycles. The second kappa shape index (κ2) is 9.06. The molecule has 4 nitrogen and oxygen atoms in total. The Kier molecular flexibility index (Phi) is 5.87. The van der Waals surface area contributed by atoms with Crippen LogP contribution in [0.4, 0.5) is 0 Å². The quantitative estimate of drug-likeness (QED) is 0.310. The van der Waals surface area contributed by atoms with Gasteiger partial charge < -0.3 is 14.2 Å². The summed E-state index contributed by atoms with van der Waals surface area (Å²) < 4.78 is 19.7. The SMILES string of the molecule is CC(C)C1=CC2CC3(C4OCCO4)C4CCC(C)C4CC2C13C(=O)OC(c1ccccc1)c1ccccc1. The molecule has 7 rings (SSSR count). The maximum atomic E-state index is 15.2. The molecule has 4 aliphatic carbocycles. The van der Waals surface area contributed by atoms with Gasteiger partial charge in [-0.15, -0.1) is 0 Å². The van der Waals surface area contributed by atoms with Crippen molar-refractivity contribution in [2.45, 2.75) is 58.8 Å². The molecule has 0 radical (unpaired) electrons. The molecule has 4 bridgehead atoms. The molecule has 4 fully saturated rings. The number of hydrogen-bond donors (Lipinski definition) is 0. The molecule has 5 aliphatic rings. The van der Waals surface area contributed by atoms with Gasteiger partial charge in [0.15, 0.2) is 12.4 Å². The first-order chi connectivity index (χ1) is 18.5. The lowest BCUT2D eigenvalue weighted by molar-refractivity contribution is -0.231. The minimum Gasteiger partial charge on any atom is -0.452 e. The van der Waals surface area contributed by atoms with Crippen molar-refractivity contribution in [3.63, 3.8) is 0 Å². The smallest absolute Gasteiger partial charge is 0.318 e. The van der Waals surface area contributed by atoms with Gasteiger partial charge in [0, 0.05) is 5.41 Å². The van der Waals surface area contributed by atoms with Crippen LogP contribution in [0.1, 0.15) is 63.7 Å². The topological polar surface area (TPSA) is 44.8 Å². The Hall–Kier alpha value is -2.43. The lowest BCUT2D eigenvalue weighted by Gasteiger charge is -2.58. The number of ether oxygens (including phenoxy) is 3. The summed E-state index contributed by atoms with van der Waals surface area (Å²) in [5, 5.41) is 0. The largest absolute Gasteiger partial charge is 0.452 e. The van der Waals surface area contributed by atoms with Crippen molar-refractivity contribution in [1.82, 2.24) is 0 Å². The summed E-state index contributed by atoms with van der Waals surface area (Å²) in [7, 11) is 0. The molecular weight excluding hydrogens is 472 g/mol. The standard InChI is InChI=1S/C34H40O4/c1-21(2)28-18-25-20-33(32-36-16-17-37-32)27-15-14-22(3)26(27)19-29(25)34(28,33)31(35)38-30(23-10-6-4-7-11-23)24-12-8-5-9-13-24/h4-13,18,21-22,25-27,29-30,32H,14-17,19-20H2,1-3H3. The Bertz CT molecular complexity index is 1180. The molecule has 2 aromatic carbocycles. The predicted octanol–water partition coefficient (Wildman–Crippen LogP) is 6.96. The van der Waals surface area contributed by atoms with E-state index in [9.17, 15) is 0 Å². The van der Waals surface area contributed by atoms with Gasteiger partial charge in [0.25, 0.3) is 0 Å². The highest BCUT2D eigenvalue weighted by Crippen LogP contribution is 2.80. The third kappa shape index (κ3) is 3.20. The van der Waals surface area contributed by atoms with Crippen molar-refractivity contribution in [3.05, 3.63) is 83.4 Å². The van der Waals surface area contributed by atoms with E-state index in [1.54, 1.807) is 0 Å². The summed E-state index contributed by atoms with van der Waals surface area (Å²) in [6, 6.07) is 20.4. The Labute approximate surface area is 226 Å². The summed E-state index contributed by atoms with van der Waals surface area (Å²) in [5.74, 6) is 2.57. The molecule has 3 saturated carbocycles. The fourth-order valence-corrected chi connectivity index (χ4v) is 9.78. The highest BCUT2D eigenvalue weighted by atomic mass is 16.7. The van der Waals surface area contributed by atoms with E-state index in [0.29, 0.717) is 36.9 Å². The molecule has 4 heteroatoms. The Morgan fingerprint density at radius 1 is 0.921 bits per heavy atom. The second-order valence-corrected chi connectivity index (χ2v) is 12.8. The summed E-state index contributed by atoms with van der Waals surface area (Å²) in [6.45, 7) is 8.14. The number of allylic oxidation sites excluding steroid dienone is 1. The second-order valence-electron chi connectivity index (χ2n) is 12.8. The van der Waals surface area contributed by atoms with Crippen molar-refractivity contribution in [2.75, 3.05) is 13.2 Å². The van der Waals surface area contributed by atoms with Gasteiger partial charge in [-0.3, -0.25) is 4.79 Å². The summed E-state index contributed by atoms with van der Waals surface area (Å²) in [4.78, 5) is 15.2. The zero-order valence-electron chi connectivity index (χ0n) is 22.8. The van der Waals surface area contributed by atoms with E-state index in [1.807, 2.05) is 36.4 Å². The molecule has 0 amide bonds. The van der Waals surface area contributed by atoms with Gasteiger partial charge in [-0.2, -0.15) is 0 Å². The number of benzene rings is 2. The van der Waals surface area contributed by atoms with Gasteiger partial charge in [-0.25, -0.2) is 0 Å². The highest BCUT2D eigenvalue weighted by molar-refractivity contribution is 5.86. The van der Waals surface area contributed by atoms with Crippen LogP contribution < -0.4 is 0 Å². The minimum atomic E-state index is -0.701. The first-order valence-corrected chi connectivity index (χ1v) is 14.7. The summed E-state index contributed by atoms with van der Waals surface area (Å²) in [5.41, 5.74) is 2.22. The van der Waals surface area contributed by atoms with Crippen LogP contribution >= 0.6 is 0 Å². The van der Waals surface area contributed by atoms with Crippen LogP contribution in [0.15, 0.2) is 72.3 Å². The Balaban J connectivity index is 1.38. The molecule has 7 atom stereocenters. The third-order valence-electron chi connectivity index (χ3n) is 11.0. The van der Waals surface area contributed by atoms with E-state index < -0.39 is 11.5 Å². The predicted molar refractivity (Wildman–Crippen MR) is 146 cm³/mol. The maximum Gasteiger partial charge on any atom is 0.318 e. The van der Waals surface area contributed by atoms with Gasteiger partial charge >= 0.3 is 5.97 Å². The number of fused-ring (bicyclic) bond motifs is 2. The van der Waals surface area contributed by atoms with Crippen molar-refractivity contribution in [2.24, 2.45) is 46.3 Å². The molecule has 7 unspecified atom stereocenters. The van der Waals surface area contributed by atoms with Crippen LogP contribution in [0.5, 0.6) is 0 Å². The molecule has 1 saturated heterocycles. The number of carbonyl (C=O) groups is 1. The molecule has 1 aliphatic heterocycles. The zero-order valence-corrected chi connectivity index (χ0v) is 22.8. The first kappa shape index (κ1) is 24.6. The average Bonchev–Trinajstić information content (AvgIpc) is 3.71. The summed E-state index contributed by atoms with van der Waals surface area (Å²) >= 11 is 0. The van der Waals surface area contributed by atoms with Crippen LogP contribution in [0.3, 0.4) is 0 Å². The van der Waals surface area contributed by atoms with Crippen molar-refractivity contribution >= 4 is 5.97 Å². The molecular formula is C34H40O4. The fraction of sp³-hybridized carbons (Fsp3) is 0.559. The van der Waals surface area contributed by atoms with Crippen LogP contribution in [0, 0.1) is 46.3 Å². The first-order valence-electron chi connectivity index (χ1n) is 14.7. The molecule has 2 aromatic rings. The van der Waals surface area contributed by atoms with Gasteiger partial charge in [-0.05, 0) is 65.9 Å². The summed E-state index contributed by atoms with van der Waals surface area (Å²) in [6.07, 6.45) is 6.13. The van der Waals surface area contributed by atoms with Crippen LogP contribution in [-0.4, -0.2) is 25.5 Å². The monoisotopic (exact) mass is 512 g/mol. The van der Waals surface area contributed by atoms with Crippen LogP contribution in [0.25, 0.3) is 0 Å². The van der Waals surface area contributed by atoms with Gasteiger partial charge in [-0.1, -0.05) is 99.5 Å². The molecule has 0 N–H and O–H groups in total. The fourth-order valence-electron chi connectivity index (χ4n) is 9.78. The van der Waals surface area contributed by atoms with Crippen molar-refractivity contribution in [1.29, 1.82) is 0 Å². The Morgan fingerprint density at radius 3 is 2.16 bits per heavy atom. The van der Waals surface area contributed by atoms with E-state index in [1.165, 1.54) is 12.0 Å². The number of carbonyl (C=O) groups excluding carboxylic acids is 1. The van der Waals surface area contributed by atoms with E-state index >= 15 is 4.79 Å². The van der Waals surface area contributed by atoms with Crippen LogP contribution in [-0.2, 0) is 19.0 Å². The normalized spacial score (nSPS) is 37.6. The molecule has 200 valence electrons. The van der Waals surface area contributed by atoms with E-state index in [-0.39, 0.29) is 29.5 Å². The molecule has 1 heterocycles. The van der Waals surface area contributed by atoms with E-state index in [0.717, 1.165) is 30.4 Å². The van der Waals surface area contributed by atoms with E-state index in [4.69, 9.17) is 14.2 Å². The number of hydrogen-bond acceptors (Lipinski definition) is 4. The van der Waals surface area contributed by atoms with Gasteiger partial charge in [0.05, 0.1) is 13.2 Å². The molecule has 38 heavy (non-hydrogen) atoms. The van der Waals surface area contributed by atoms with E-state index in [2.05, 4.69) is 51.1 Å². The number of rotatable bonds is 6. The van der Waals surface area contributed by atoms with Gasteiger partial charge in [0.2, 0.25) is 0 Å². The van der Waals surface area contributed by atoms with Crippen LogP contribution in [0.2, 0.25) is 0 Å². The number of esters is 1. The Morgan fingerprint density at radius 2 is 1.55 bits per heavy atom. The minimum absolute atomic E-state index is 0.0581. The molecule has 0 spiro atoms. The van der Waals surface area contributed by atoms with Gasteiger partial charge in [0.1, 0.15) is 5.41 Å². The lowest BCUT2D eigenvalue weighted by atomic mass is 9.46. The van der Waals surface area contributed by atoms with Crippen molar-refractivity contribution in [3.8, 4) is 0 Å². The zero-order chi connectivity index (χ0) is 26.1. The highest BCUT2D eigenvalue weighted by Gasteiger charge is 2.81.